The molecule has 0 saturated heterocycles. The molecule has 0 amide bonds. The first kappa shape index (κ1) is 16.1. The van der Waals surface area contributed by atoms with Gasteiger partial charge in [-0.2, -0.15) is 0 Å². The van der Waals surface area contributed by atoms with Crippen LogP contribution in [0.1, 0.15) is 58.8 Å². The zero-order valence-corrected chi connectivity index (χ0v) is 15.1. The van der Waals surface area contributed by atoms with E-state index in [0.29, 0.717) is 41.8 Å². The molecule has 128 valence electrons. The Kier molecular flexibility index (Phi) is 3.74. The molecule has 3 saturated carbocycles. The lowest BCUT2D eigenvalue weighted by atomic mass is 9.46. The van der Waals surface area contributed by atoms with Gasteiger partial charge in [0.05, 0.1) is 6.10 Å². The minimum Gasteiger partial charge on any atom is -0.393 e. The smallest absolute Gasteiger partial charge is 0.155 e. The van der Waals surface area contributed by atoms with Crippen molar-refractivity contribution in [2.45, 2.75) is 64.9 Å². The van der Waals surface area contributed by atoms with Crippen LogP contribution in [-0.2, 0) is 4.79 Å². The predicted octanol–water partition coefficient (Wildman–Crippen LogP) is 4.34. The first-order valence-corrected chi connectivity index (χ1v) is 9.91. The molecule has 4 rings (SSSR count). The normalized spacial score (nSPS) is 52.4. The molecule has 0 heterocycles. The second-order valence-corrected chi connectivity index (χ2v) is 9.41. The van der Waals surface area contributed by atoms with E-state index >= 15 is 0 Å². The third-order valence-electron chi connectivity index (χ3n) is 8.25. The van der Waals surface area contributed by atoms with Crippen molar-refractivity contribution < 1.29 is 9.90 Å². The molecule has 3 heteroatoms. The summed E-state index contributed by atoms with van der Waals surface area (Å²) >= 11 is 6.31. The Bertz CT molecular complexity index is 556. The largest absolute Gasteiger partial charge is 0.393 e. The SMILES string of the molecule is C[C@]12CC[C@H]3[C@@H](CCC4=CC(=O)CC[C@@]43C)[C@@H]1C(CCl)C[C@@H]2O. The van der Waals surface area contributed by atoms with Gasteiger partial charge in [0.2, 0.25) is 0 Å². The lowest BCUT2D eigenvalue weighted by Gasteiger charge is -2.58. The zero-order chi connectivity index (χ0) is 16.4. The summed E-state index contributed by atoms with van der Waals surface area (Å²) in [6.07, 6.45) is 8.97. The molecular weight excluding hydrogens is 308 g/mol. The Morgan fingerprint density at radius 1 is 1.26 bits per heavy atom. The lowest BCUT2D eigenvalue weighted by Crippen LogP contribution is -2.52. The third kappa shape index (κ3) is 2.13. The molecule has 0 radical (unpaired) electrons. The monoisotopic (exact) mass is 336 g/mol. The van der Waals surface area contributed by atoms with Gasteiger partial charge in [0.25, 0.3) is 0 Å². The first-order valence-electron chi connectivity index (χ1n) is 9.38. The van der Waals surface area contributed by atoms with E-state index < -0.39 is 0 Å². The highest BCUT2D eigenvalue weighted by Gasteiger charge is 2.61. The fraction of sp³-hybridized carbons (Fsp3) is 0.850. The number of halogens is 1. The Labute approximate surface area is 144 Å². The van der Waals surface area contributed by atoms with Gasteiger partial charge in [0, 0.05) is 12.3 Å². The van der Waals surface area contributed by atoms with Gasteiger partial charge in [-0.15, -0.1) is 11.6 Å². The van der Waals surface area contributed by atoms with Crippen molar-refractivity contribution in [3.63, 3.8) is 0 Å². The average molecular weight is 337 g/mol. The van der Waals surface area contributed by atoms with Crippen LogP contribution in [0.25, 0.3) is 0 Å². The molecule has 7 atom stereocenters. The van der Waals surface area contributed by atoms with Crippen LogP contribution in [0.2, 0.25) is 0 Å². The second kappa shape index (κ2) is 5.33. The van der Waals surface area contributed by atoms with E-state index in [1.807, 2.05) is 6.08 Å². The van der Waals surface area contributed by atoms with Crippen molar-refractivity contribution in [3.05, 3.63) is 11.6 Å². The van der Waals surface area contributed by atoms with Crippen LogP contribution in [0, 0.1) is 34.5 Å². The maximum absolute atomic E-state index is 11.9. The highest BCUT2D eigenvalue weighted by molar-refractivity contribution is 6.18. The number of carbonyl (C=O) groups is 1. The number of allylic oxidation sites excluding steroid dienone is 1. The van der Waals surface area contributed by atoms with Crippen LogP contribution in [0.3, 0.4) is 0 Å². The summed E-state index contributed by atoms with van der Waals surface area (Å²) in [4.78, 5) is 11.9. The lowest BCUT2D eigenvalue weighted by molar-refractivity contribution is -0.118. The molecule has 4 aliphatic rings. The quantitative estimate of drug-likeness (QED) is 0.723. The number of ketones is 1. The van der Waals surface area contributed by atoms with Crippen LogP contribution < -0.4 is 0 Å². The molecular formula is C20H29ClO2. The van der Waals surface area contributed by atoms with Gasteiger partial charge in [0.15, 0.2) is 5.78 Å². The maximum Gasteiger partial charge on any atom is 0.155 e. The molecule has 1 N–H and O–H groups in total. The van der Waals surface area contributed by atoms with Crippen LogP contribution in [0.5, 0.6) is 0 Å². The molecule has 0 aliphatic heterocycles. The van der Waals surface area contributed by atoms with E-state index in [1.165, 1.54) is 18.4 Å². The van der Waals surface area contributed by atoms with Crippen LogP contribution >= 0.6 is 11.6 Å². The summed E-state index contributed by atoms with van der Waals surface area (Å²) in [6.45, 7) is 4.72. The van der Waals surface area contributed by atoms with Crippen molar-refractivity contribution in [1.29, 1.82) is 0 Å². The van der Waals surface area contributed by atoms with Crippen LogP contribution in [0.15, 0.2) is 11.6 Å². The number of aliphatic hydroxyl groups excluding tert-OH is 1. The highest BCUT2D eigenvalue weighted by atomic mass is 35.5. The number of hydrogen-bond acceptors (Lipinski definition) is 2. The Hall–Kier alpha value is -0.340. The number of carbonyl (C=O) groups excluding carboxylic acids is 1. The molecule has 1 unspecified atom stereocenters. The van der Waals surface area contributed by atoms with E-state index in [2.05, 4.69) is 13.8 Å². The standard InChI is InChI=1S/C20H29ClO2/c1-19-7-5-14(22)10-13(19)3-4-15-16(19)6-8-20(2)17(23)9-12(11-21)18(15)20/h10,12,15-18,23H,3-9,11H2,1-2H3/t12?,15-,16+,17+,18+,19+,20-/m1/s1. The summed E-state index contributed by atoms with van der Waals surface area (Å²) in [5.74, 6) is 3.37. The number of fused-ring (bicyclic) bond motifs is 5. The zero-order valence-electron chi connectivity index (χ0n) is 14.4. The van der Waals surface area contributed by atoms with Crippen molar-refractivity contribution >= 4 is 17.4 Å². The fourth-order valence-electron chi connectivity index (χ4n) is 6.97. The third-order valence-corrected chi connectivity index (χ3v) is 8.65. The highest BCUT2D eigenvalue weighted by Crippen LogP contribution is 2.66. The Morgan fingerprint density at radius 2 is 2.04 bits per heavy atom. The Balaban J connectivity index is 1.71. The summed E-state index contributed by atoms with van der Waals surface area (Å²) in [7, 11) is 0. The van der Waals surface area contributed by atoms with E-state index in [0.717, 1.165) is 25.7 Å². The van der Waals surface area contributed by atoms with Gasteiger partial charge in [-0.05, 0) is 79.1 Å². The predicted molar refractivity (Wildman–Crippen MR) is 92.3 cm³/mol. The molecule has 0 aromatic heterocycles. The van der Waals surface area contributed by atoms with Crippen molar-refractivity contribution in [1.82, 2.24) is 0 Å². The summed E-state index contributed by atoms with van der Waals surface area (Å²) in [5.41, 5.74) is 1.69. The second-order valence-electron chi connectivity index (χ2n) is 9.10. The number of aliphatic hydroxyl groups is 1. The average Bonchev–Trinajstić information content (AvgIpc) is 2.79. The maximum atomic E-state index is 11.9. The summed E-state index contributed by atoms with van der Waals surface area (Å²) in [6, 6.07) is 0. The molecule has 4 aliphatic carbocycles. The Morgan fingerprint density at radius 3 is 2.78 bits per heavy atom. The molecule has 0 bridgehead atoms. The van der Waals surface area contributed by atoms with Gasteiger partial charge >= 0.3 is 0 Å². The number of alkyl halides is 1. The van der Waals surface area contributed by atoms with Crippen LogP contribution in [0.4, 0.5) is 0 Å². The minimum atomic E-state index is -0.185. The molecule has 2 nitrogen and oxygen atoms in total. The van der Waals surface area contributed by atoms with Crippen molar-refractivity contribution in [3.8, 4) is 0 Å². The molecule has 0 spiro atoms. The van der Waals surface area contributed by atoms with Gasteiger partial charge < -0.3 is 5.11 Å². The van der Waals surface area contributed by atoms with E-state index in [-0.39, 0.29) is 16.9 Å². The van der Waals surface area contributed by atoms with Crippen molar-refractivity contribution in [2.75, 3.05) is 5.88 Å². The van der Waals surface area contributed by atoms with Gasteiger partial charge in [-0.25, -0.2) is 0 Å². The van der Waals surface area contributed by atoms with Gasteiger partial charge in [-0.1, -0.05) is 19.4 Å². The van der Waals surface area contributed by atoms with Gasteiger partial charge in [0.1, 0.15) is 0 Å². The van der Waals surface area contributed by atoms with E-state index in [4.69, 9.17) is 11.6 Å². The van der Waals surface area contributed by atoms with Crippen molar-refractivity contribution in [2.24, 2.45) is 34.5 Å². The first-order chi connectivity index (χ1) is 10.9. The fourth-order valence-corrected chi connectivity index (χ4v) is 7.29. The van der Waals surface area contributed by atoms with E-state index in [9.17, 15) is 9.90 Å². The summed E-state index contributed by atoms with van der Waals surface area (Å²) in [5, 5.41) is 10.7. The molecule has 0 aromatic carbocycles. The minimum absolute atomic E-state index is 0.0583. The molecule has 0 aromatic rings. The molecule has 23 heavy (non-hydrogen) atoms. The van der Waals surface area contributed by atoms with Gasteiger partial charge in [-0.3, -0.25) is 4.79 Å². The summed E-state index contributed by atoms with van der Waals surface area (Å²) < 4.78 is 0. The topological polar surface area (TPSA) is 37.3 Å². The number of hydrogen-bond donors (Lipinski definition) is 1. The van der Waals surface area contributed by atoms with Crippen LogP contribution in [-0.4, -0.2) is 22.9 Å². The number of rotatable bonds is 1. The van der Waals surface area contributed by atoms with E-state index in [1.54, 1.807) is 0 Å². The molecule has 3 fully saturated rings.